The highest BCUT2D eigenvalue weighted by molar-refractivity contribution is 5.69. The van der Waals surface area contributed by atoms with Crippen LogP contribution in [0.5, 0.6) is 0 Å². The van der Waals surface area contributed by atoms with Crippen LogP contribution in [0.25, 0.3) is 0 Å². The Morgan fingerprint density at radius 2 is 0.667 bits per heavy atom. The van der Waals surface area contributed by atoms with E-state index in [1.807, 2.05) is 0 Å². The Balaban J connectivity index is 3.09. The first-order valence-electron chi connectivity index (χ1n) is 16.4. The van der Waals surface area contributed by atoms with E-state index >= 15 is 0 Å². The molecule has 7 heteroatoms. The molecular formula is C32H64O7. The summed E-state index contributed by atoms with van der Waals surface area (Å²) < 4.78 is 32.8. The smallest absolute Gasteiger partial charge is 0.305 e. The molecule has 39 heavy (non-hydrogen) atoms. The molecule has 0 spiro atoms. The molecule has 0 aliphatic rings. The van der Waals surface area contributed by atoms with E-state index in [-0.39, 0.29) is 5.97 Å². The van der Waals surface area contributed by atoms with Crippen molar-refractivity contribution in [2.75, 3.05) is 72.7 Å². The normalized spacial score (nSPS) is 11.3. The molecule has 0 N–H and O–H groups in total. The number of carbonyl (C=O) groups is 1. The van der Waals surface area contributed by atoms with Crippen LogP contribution in [0.3, 0.4) is 0 Å². The number of hydrogen-bond donors (Lipinski definition) is 0. The Morgan fingerprint density at radius 3 is 1.08 bits per heavy atom. The molecule has 0 bridgehead atoms. The lowest BCUT2D eigenvalue weighted by atomic mass is 10.1. The van der Waals surface area contributed by atoms with Crippen molar-refractivity contribution < 1.29 is 33.2 Å². The van der Waals surface area contributed by atoms with Gasteiger partial charge < -0.3 is 28.4 Å². The number of esters is 1. The average Bonchev–Trinajstić information content (AvgIpc) is 2.94. The molecule has 0 saturated heterocycles. The topological polar surface area (TPSA) is 72.5 Å². The van der Waals surface area contributed by atoms with Gasteiger partial charge in [-0.3, -0.25) is 4.79 Å². The molecule has 0 aliphatic carbocycles. The summed E-state index contributed by atoms with van der Waals surface area (Å²) in [6.45, 7) is 10.5. The zero-order valence-electron chi connectivity index (χ0n) is 25.9. The summed E-state index contributed by atoms with van der Waals surface area (Å²) >= 11 is 0. The zero-order valence-corrected chi connectivity index (χ0v) is 25.9. The average molecular weight is 561 g/mol. The fourth-order valence-corrected chi connectivity index (χ4v) is 4.19. The molecule has 0 aromatic heterocycles. The minimum atomic E-state index is -0.126. The predicted molar refractivity (Wildman–Crippen MR) is 160 cm³/mol. The Morgan fingerprint density at radius 1 is 0.359 bits per heavy atom. The fraction of sp³-hybridized carbons (Fsp3) is 0.969. The van der Waals surface area contributed by atoms with Gasteiger partial charge in [-0.1, -0.05) is 110 Å². The summed E-state index contributed by atoms with van der Waals surface area (Å²) in [5.74, 6) is -0.126. The van der Waals surface area contributed by atoms with E-state index in [2.05, 4.69) is 13.8 Å². The molecule has 0 unspecified atom stereocenters. The van der Waals surface area contributed by atoms with Gasteiger partial charge in [-0.15, -0.1) is 0 Å². The van der Waals surface area contributed by atoms with E-state index in [4.69, 9.17) is 28.4 Å². The molecule has 7 nitrogen and oxygen atoms in total. The van der Waals surface area contributed by atoms with Crippen molar-refractivity contribution >= 4 is 5.97 Å². The third-order valence-corrected chi connectivity index (χ3v) is 6.61. The van der Waals surface area contributed by atoms with E-state index in [0.29, 0.717) is 72.5 Å². The first-order valence-corrected chi connectivity index (χ1v) is 16.4. The van der Waals surface area contributed by atoms with Crippen LogP contribution < -0.4 is 0 Å². The number of carbonyl (C=O) groups excluding carboxylic acids is 1. The minimum absolute atomic E-state index is 0.126. The van der Waals surface area contributed by atoms with Crippen LogP contribution in [0.15, 0.2) is 0 Å². The van der Waals surface area contributed by atoms with Crippen molar-refractivity contribution in [1.29, 1.82) is 0 Å². The number of unbranched alkanes of at least 4 members (excludes halogenated alkanes) is 15. The molecule has 234 valence electrons. The van der Waals surface area contributed by atoms with Gasteiger partial charge in [-0.25, -0.2) is 0 Å². The molecular weight excluding hydrogens is 496 g/mol. The number of hydrogen-bond acceptors (Lipinski definition) is 7. The Labute approximate surface area is 241 Å². The molecule has 0 aliphatic heterocycles. The van der Waals surface area contributed by atoms with Crippen molar-refractivity contribution in [2.24, 2.45) is 0 Å². The highest BCUT2D eigenvalue weighted by Crippen LogP contribution is 2.11. The maximum atomic E-state index is 11.6. The van der Waals surface area contributed by atoms with Crippen LogP contribution in [0, 0.1) is 0 Å². The van der Waals surface area contributed by atoms with Crippen molar-refractivity contribution in [3.63, 3.8) is 0 Å². The summed E-state index contributed by atoms with van der Waals surface area (Å²) in [7, 11) is 0. The minimum Gasteiger partial charge on any atom is -0.463 e. The Bertz CT molecular complexity index is 462. The van der Waals surface area contributed by atoms with Gasteiger partial charge in [0.1, 0.15) is 6.61 Å². The standard InChI is InChI=1S/C32H64O7/c1-3-5-7-9-11-12-13-14-15-17-19-21-34-22-23-35-24-25-36-26-27-37-28-29-38-30-31-39-32(33)20-18-16-10-8-6-4-2/h3-31H2,1-2H3. The summed E-state index contributed by atoms with van der Waals surface area (Å²) in [5, 5.41) is 0. The van der Waals surface area contributed by atoms with Crippen LogP contribution in [-0.4, -0.2) is 78.6 Å². The molecule has 0 rings (SSSR count). The first kappa shape index (κ1) is 38.3. The van der Waals surface area contributed by atoms with Gasteiger partial charge in [0, 0.05) is 13.0 Å². The van der Waals surface area contributed by atoms with E-state index in [9.17, 15) is 4.79 Å². The van der Waals surface area contributed by atoms with Crippen LogP contribution in [-0.2, 0) is 33.2 Å². The molecule has 0 fully saturated rings. The van der Waals surface area contributed by atoms with Crippen molar-refractivity contribution in [3.05, 3.63) is 0 Å². The summed E-state index contributed by atoms with van der Waals surface area (Å²) in [6.07, 6.45) is 22.4. The maximum absolute atomic E-state index is 11.6. The van der Waals surface area contributed by atoms with E-state index in [1.54, 1.807) is 0 Å². The van der Waals surface area contributed by atoms with Crippen molar-refractivity contribution in [2.45, 2.75) is 129 Å². The molecule has 0 amide bonds. The van der Waals surface area contributed by atoms with Gasteiger partial charge in [0.05, 0.1) is 59.5 Å². The molecule has 0 aromatic rings. The summed E-state index contributed by atoms with van der Waals surface area (Å²) in [5.41, 5.74) is 0. The maximum Gasteiger partial charge on any atom is 0.305 e. The highest BCUT2D eigenvalue weighted by Gasteiger charge is 2.02. The van der Waals surface area contributed by atoms with Crippen LogP contribution in [0.4, 0.5) is 0 Å². The second-order valence-corrected chi connectivity index (χ2v) is 10.3. The van der Waals surface area contributed by atoms with E-state index in [0.717, 1.165) is 25.9 Å². The predicted octanol–water partition coefficient (Wildman–Crippen LogP) is 7.67. The van der Waals surface area contributed by atoms with Gasteiger partial charge >= 0.3 is 5.97 Å². The monoisotopic (exact) mass is 560 g/mol. The SMILES string of the molecule is CCCCCCCCCCCCCOCCOCCOCCOCCOCCOC(=O)CCCCCCCC. The van der Waals surface area contributed by atoms with E-state index < -0.39 is 0 Å². The second kappa shape index (κ2) is 35.3. The third-order valence-electron chi connectivity index (χ3n) is 6.61. The second-order valence-electron chi connectivity index (χ2n) is 10.3. The van der Waals surface area contributed by atoms with Gasteiger partial charge in [0.25, 0.3) is 0 Å². The summed E-state index contributed by atoms with van der Waals surface area (Å²) in [6, 6.07) is 0. The third kappa shape index (κ3) is 35.2. The lowest BCUT2D eigenvalue weighted by molar-refractivity contribution is -0.145. The van der Waals surface area contributed by atoms with Crippen molar-refractivity contribution in [1.82, 2.24) is 0 Å². The fourth-order valence-electron chi connectivity index (χ4n) is 4.19. The van der Waals surface area contributed by atoms with Crippen molar-refractivity contribution in [3.8, 4) is 0 Å². The van der Waals surface area contributed by atoms with E-state index in [1.165, 1.54) is 89.9 Å². The number of rotatable bonds is 34. The van der Waals surface area contributed by atoms with Crippen LogP contribution in [0.2, 0.25) is 0 Å². The van der Waals surface area contributed by atoms with Gasteiger partial charge in [0.2, 0.25) is 0 Å². The highest BCUT2D eigenvalue weighted by atomic mass is 16.6. The molecule has 0 atom stereocenters. The lowest BCUT2D eigenvalue weighted by Gasteiger charge is -2.08. The Kier molecular flexibility index (Phi) is 34.6. The first-order chi connectivity index (χ1) is 19.3. The van der Waals surface area contributed by atoms with Gasteiger partial charge in [0.15, 0.2) is 0 Å². The number of ether oxygens (including phenoxy) is 6. The van der Waals surface area contributed by atoms with Crippen LogP contribution in [0.1, 0.15) is 129 Å². The summed E-state index contributed by atoms with van der Waals surface area (Å²) in [4.78, 5) is 11.6. The molecule has 0 aromatic carbocycles. The molecule has 0 saturated carbocycles. The largest absolute Gasteiger partial charge is 0.463 e. The molecule has 0 heterocycles. The Hall–Kier alpha value is -0.730. The van der Waals surface area contributed by atoms with Gasteiger partial charge in [-0.2, -0.15) is 0 Å². The lowest BCUT2D eigenvalue weighted by Crippen LogP contribution is -2.15. The van der Waals surface area contributed by atoms with Gasteiger partial charge in [-0.05, 0) is 12.8 Å². The van der Waals surface area contributed by atoms with Crippen LogP contribution >= 0.6 is 0 Å². The zero-order chi connectivity index (χ0) is 28.3. The molecule has 0 radical (unpaired) electrons. The quantitative estimate of drug-likeness (QED) is 0.0590.